The number of carbonyl (C=O) groups excluding carboxylic acids is 1. The Kier molecular flexibility index (Phi) is 2.09. The van der Waals surface area contributed by atoms with E-state index < -0.39 is 5.79 Å². The van der Waals surface area contributed by atoms with Gasteiger partial charge >= 0.3 is 0 Å². The molecule has 3 fully saturated rings. The lowest BCUT2D eigenvalue weighted by Gasteiger charge is -2.28. The van der Waals surface area contributed by atoms with Gasteiger partial charge in [-0.3, -0.25) is 4.79 Å². The first-order chi connectivity index (χ1) is 7.53. The fourth-order valence-corrected chi connectivity index (χ4v) is 3.24. The molecule has 0 aromatic carbocycles. The number of hydrogen-bond donors (Lipinski definition) is 1. The molecule has 0 saturated carbocycles. The normalized spacial score (nSPS) is 44.9. The highest BCUT2D eigenvalue weighted by molar-refractivity contribution is 5.80. The van der Waals surface area contributed by atoms with Crippen LogP contribution in [0.15, 0.2) is 0 Å². The molecule has 3 aliphatic rings. The number of ether oxygens (including phenoxy) is 2. The number of hydrogen-bond acceptors (Lipinski definition) is 4. The zero-order chi connectivity index (χ0) is 11.5. The number of fused-ring (bicyclic) bond motifs is 3. The molecule has 5 nitrogen and oxygen atoms in total. The summed E-state index contributed by atoms with van der Waals surface area (Å²) < 4.78 is 11.6. The van der Waals surface area contributed by atoms with E-state index in [4.69, 9.17) is 9.47 Å². The van der Waals surface area contributed by atoms with Crippen LogP contribution >= 0.6 is 0 Å². The van der Waals surface area contributed by atoms with Crippen LogP contribution in [-0.2, 0) is 14.3 Å². The molecular formula is C11H17NO4. The summed E-state index contributed by atoms with van der Waals surface area (Å²) in [7, 11) is 0. The average Bonchev–Trinajstić information content (AvgIpc) is 2.77. The van der Waals surface area contributed by atoms with E-state index >= 15 is 0 Å². The molecule has 4 atom stereocenters. The van der Waals surface area contributed by atoms with Crippen LogP contribution in [0.25, 0.3) is 0 Å². The standard InChI is InChI=1S/C11H17NO4/c1-11(2)15-9-6-3-4-8(14)12(6)7(5-13)10(9)16-11/h6-7,9-10,13H,3-5H2,1-2H3/t6-,7-,9+,10-/m1/s1. The van der Waals surface area contributed by atoms with Gasteiger partial charge in [0.05, 0.1) is 18.7 Å². The largest absolute Gasteiger partial charge is 0.394 e. The molecule has 3 rings (SSSR count). The molecule has 16 heavy (non-hydrogen) atoms. The maximum atomic E-state index is 11.7. The maximum Gasteiger partial charge on any atom is 0.223 e. The number of rotatable bonds is 1. The molecule has 3 heterocycles. The van der Waals surface area contributed by atoms with Crippen molar-refractivity contribution in [3.05, 3.63) is 0 Å². The van der Waals surface area contributed by atoms with Crippen LogP contribution in [0.3, 0.4) is 0 Å². The number of aliphatic hydroxyl groups is 1. The van der Waals surface area contributed by atoms with Crippen molar-refractivity contribution in [2.24, 2.45) is 0 Å². The van der Waals surface area contributed by atoms with Gasteiger partial charge in [-0.05, 0) is 20.3 Å². The van der Waals surface area contributed by atoms with Crippen LogP contribution in [0.5, 0.6) is 0 Å². The molecule has 1 N–H and O–H groups in total. The Morgan fingerprint density at radius 2 is 2.12 bits per heavy atom. The molecule has 0 aromatic heterocycles. The van der Waals surface area contributed by atoms with Crippen LogP contribution in [0.2, 0.25) is 0 Å². The van der Waals surface area contributed by atoms with Gasteiger partial charge in [0.25, 0.3) is 0 Å². The topological polar surface area (TPSA) is 59.0 Å². The first-order valence-electron chi connectivity index (χ1n) is 5.81. The number of nitrogens with zero attached hydrogens (tertiary/aromatic N) is 1. The minimum absolute atomic E-state index is 0.0527. The van der Waals surface area contributed by atoms with Gasteiger partial charge in [0.1, 0.15) is 12.2 Å². The van der Waals surface area contributed by atoms with Gasteiger partial charge in [-0.15, -0.1) is 0 Å². The van der Waals surface area contributed by atoms with E-state index in [1.165, 1.54) is 0 Å². The van der Waals surface area contributed by atoms with Crippen LogP contribution in [-0.4, -0.2) is 52.6 Å². The minimum atomic E-state index is -0.597. The van der Waals surface area contributed by atoms with Crippen LogP contribution in [0, 0.1) is 0 Å². The zero-order valence-corrected chi connectivity index (χ0v) is 9.55. The Labute approximate surface area is 94.3 Å². The Morgan fingerprint density at radius 3 is 2.81 bits per heavy atom. The molecule has 0 unspecified atom stereocenters. The van der Waals surface area contributed by atoms with Gasteiger partial charge in [0.15, 0.2) is 5.79 Å². The molecular weight excluding hydrogens is 210 g/mol. The quantitative estimate of drug-likeness (QED) is 0.678. The molecule has 3 saturated heterocycles. The van der Waals surface area contributed by atoms with Crippen molar-refractivity contribution < 1.29 is 19.4 Å². The van der Waals surface area contributed by atoms with Crippen molar-refractivity contribution >= 4 is 5.91 Å². The number of carbonyl (C=O) groups is 1. The van der Waals surface area contributed by atoms with Gasteiger partial charge < -0.3 is 19.5 Å². The molecule has 1 amide bonds. The Hall–Kier alpha value is -0.650. The second kappa shape index (κ2) is 3.18. The van der Waals surface area contributed by atoms with Gasteiger partial charge in [-0.1, -0.05) is 0 Å². The van der Waals surface area contributed by atoms with E-state index in [-0.39, 0.29) is 36.8 Å². The Balaban J connectivity index is 1.91. The lowest BCUT2D eigenvalue weighted by atomic mass is 10.1. The van der Waals surface area contributed by atoms with Crippen LogP contribution in [0.4, 0.5) is 0 Å². The van der Waals surface area contributed by atoms with Crippen molar-refractivity contribution in [3.8, 4) is 0 Å². The van der Waals surface area contributed by atoms with E-state index in [9.17, 15) is 9.90 Å². The number of amides is 1. The average molecular weight is 227 g/mol. The summed E-state index contributed by atoms with van der Waals surface area (Å²) in [6, 6.07) is -0.136. The zero-order valence-electron chi connectivity index (χ0n) is 9.55. The second-order valence-corrected chi connectivity index (χ2v) is 5.22. The van der Waals surface area contributed by atoms with E-state index in [0.717, 1.165) is 6.42 Å². The van der Waals surface area contributed by atoms with Crippen molar-refractivity contribution in [2.45, 2.75) is 56.8 Å². The van der Waals surface area contributed by atoms with Gasteiger partial charge in [0, 0.05) is 6.42 Å². The molecule has 0 bridgehead atoms. The summed E-state index contributed by atoms with van der Waals surface area (Å²) >= 11 is 0. The lowest BCUT2D eigenvalue weighted by Crippen LogP contribution is -2.43. The fourth-order valence-electron chi connectivity index (χ4n) is 3.24. The van der Waals surface area contributed by atoms with E-state index in [1.807, 2.05) is 13.8 Å². The van der Waals surface area contributed by atoms with Gasteiger partial charge in [0.2, 0.25) is 5.91 Å². The highest BCUT2D eigenvalue weighted by Gasteiger charge is 2.60. The molecule has 0 aliphatic carbocycles. The molecule has 0 spiro atoms. The Bertz CT molecular complexity index is 322. The predicted molar refractivity (Wildman–Crippen MR) is 54.6 cm³/mol. The predicted octanol–water partition coefficient (Wildman–Crippen LogP) is -0.128. The second-order valence-electron chi connectivity index (χ2n) is 5.22. The molecule has 0 radical (unpaired) electrons. The number of aliphatic hydroxyl groups excluding tert-OH is 1. The smallest absolute Gasteiger partial charge is 0.223 e. The molecule has 0 aromatic rings. The van der Waals surface area contributed by atoms with E-state index in [1.54, 1.807) is 4.90 Å². The van der Waals surface area contributed by atoms with Gasteiger partial charge in [-0.2, -0.15) is 0 Å². The van der Waals surface area contributed by atoms with Gasteiger partial charge in [-0.25, -0.2) is 0 Å². The summed E-state index contributed by atoms with van der Waals surface area (Å²) in [6.45, 7) is 3.70. The van der Waals surface area contributed by atoms with Crippen LogP contribution in [0.1, 0.15) is 26.7 Å². The minimum Gasteiger partial charge on any atom is -0.394 e. The van der Waals surface area contributed by atoms with E-state index in [2.05, 4.69) is 0 Å². The monoisotopic (exact) mass is 227 g/mol. The first-order valence-corrected chi connectivity index (χ1v) is 5.81. The molecule has 5 heteroatoms. The lowest BCUT2D eigenvalue weighted by molar-refractivity contribution is -0.171. The SMILES string of the molecule is CC1(C)O[C@@H]2[C@H](O1)[C@@H](CO)N1C(=O)CC[C@H]21. The van der Waals surface area contributed by atoms with Crippen LogP contribution < -0.4 is 0 Å². The Morgan fingerprint density at radius 1 is 1.44 bits per heavy atom. The third-order valence-corrected chi connectivity index (χ3v) is 3.77. The fraction of sp³-hybridized carbons (Fsp3) is 0.909. The van der Waals surface area contributed by atoms with Crippen molar-refractivity contribution in [2.75, 3.05) is 6.61 Å². The summed E-state index contributed by atoms with van der Waals surface area (Å²) in [4.78, 5) is 13.5. The summed E-state index contributed by atoms with van der Waals surface area (Å²) in [5.41, 5.74) is 0. The van der Waals surface area contributed by atoms with Crippen molar-refractivity contribution in [1.29, 1.82) is 0 Å². The third kappa shape index (κ3) is 1.25. The summed E-state index contributed by atoms with van der Waals surface area (Å²) in [5.74, 6) is -0.482. The van der Waals surface area contributed by atoms with Crippen molar-refractivity contribution in [1.82, 2.24) is 4.90 Å². The van der Waals surface area contributed by atoms with E-state index in [0.29, 0.717) is 6.42 Å². The third-order valence-electron chi connectivity index (χ3n) is 3.77. The first kappa shape index (κ1) is 10.5. The van der Waals surface area contributed by atoms with Crippen molar-refractivity contribution in [3.63, 3.8) is 0 Å². The highest BCUT2D eigenvalue weighted by Crippen LogP contribution is 2.44. The summed E-state index contributed by atoms with van der Waals surface area (Å²) in [6.07, 6.45) is 1.14. The highest BCUT2D eigenvalue weighted by atomic mass is 16.8. The maximum absolute atomic E-state index is 11.7. The molecule has 90 valence electrons. The molecule has 3 aliphatic heterocycles. The summed E-state index contributed by atoms with van der Waals surface area (Å²) in [5, 5.41) is 9.42.